The van der Waals surface area contributed by atoms with Gasteiger partial charge in [-0.05, 0) is 49.5 Å². The third-order valence-electron chi connectivity index (χ3n) is 6.27. The number of piperidine rings is 1. The van der Waals surface area contributed by atoms with E-state index in [-0.39, 0.29) is 5.92 Å². The highest BCUT2D eigenvalue weighted by atomic mass is 16.2. The molecule has 24 heavy (non-hydrogen) atoms. The number of benzene rings is 1. The Morgan fingerprint density at radius 2 is 1.88 bits per heavy atom. The molecule has 2 N–H and O–H groups in total. The van der Waals surface area contributed by atoms with Gasteiger partial charge in [-0.2, -0.15) is 0 Å². The number of carbonyl (C=O) groups excluding carboxylic acids is 1. The quantitative estimate of drug-likeness (QED) is 0.896. The molecule has 1 aromatic carbocycles. The molecular formula is C20H29N3O. The molecule has 1 aromatic rings. The average molecular weight is 327 g/mol. The first-order chi connectivity index (χ1) is 11.8. The van der Waals surface area contributed by atoms with Gasteiger partial charge in [-0.1, -0.05) is 36.8 Å². The zero-order valence-electron chi connectivity index (χ0n) is 14.4. The predicted octanol–water partition coefficient (Wildman–Crippen LogP) is 2.36. The normalized spacial score (nSPS) is 31.0. The summed E-state index contributed by atoms with van der Waals surface area (Å²) in [5.41, 5.74) is 8.07. The van der Waals surface area contributed by atoms with Crippen molar-refractivity contribution in [3.8, 4) is 0 Å². The van der Waals surface area contributed by atoms with Crippen LogP contribution in [0, 0.1) is 17.8 Å². The van der Waals surface area contributed by atoms with E-state index in [9.17, 15) is 4.79 Å². The summed E-state index contributed by atoms with van der Waals surface area (Å²) in [6.07, 6.45) is 6.96. The molecule has 3 aliphatic rings. The molecule has 1 saturated carbocycles. The summed E-state index contributed by atoms with van der Waals surface area (Å²) < 4.78 is 0. The number of fused-ring (bicyclic) bond motifs is 1. The maximum absolute atomic E-state index is 13.0. The third-order valence-corrected chi connectivity index (χ3v) is 6.27. The minimum absolute atomic E-state index is 0.185. The van der Waals surface area contributed by atoms with E-state index in [1.165, 1.54) is 18.4 Å². The lowest BCUT2D eigenvalue weighted by atomic mass is 9.77. The zero-order valence-corrected chi connectivity index (χ0v) is 14.4. The highest BCUT2D eigenvalue weighted by molar-refractivity contribution is 5.80. The Kier molecular flexibility index (Phi) is 4.86. The summed E-state index contributed by atoms with van der Waals surface area (Å²) in [6.45, 7) is 2.91. The summed E-state index contributed by atoms with van der Waals surface area (Å²) in [5.74, 6) is 1.95. The zero-order chi connectivity index (χ0) is 16.4. The van der Waals surface area contributed by atoms with Crippen molar-refractivity contribution in [2.45, 2.75) is 44.6 Å². The van der Waals surface area contributed by atoms with Crippen molar-refractivity contribution >= 4 is 5.91 Å². The fraction of sp³-hybridized carbons (Fsp3) is 0.650. The van der Waals surface area contributed by atoms with Crippen LogP contribution >= 0.6 is 0 Å². The molecule has 0 aromatic heterocycles. The SMILES string of the molecule is O=C(C1CCCC2CNNC21)N1CCC(Cc2ccccc2)CC1. The highest BCUT2D eigenvalue weighted by Crippen LogP contribution is 2.33. The largest absolute Gasteiger partial charge is 0.342 e. The Morgan fingerprint density at radius 3 is 2.67 bits per heavy atom. The first kappa shape index (κ1) is 16.1. The number of nitrogens with one attached hydrogen (secondary N) is 2. The molecule has 4 nitrogen and oxygen atoms in total. The van der Waals surface area contributed by atoms with Crippen molar-refractivity contribution in [2.75, 3.05) is 19.6 Å². The van der Waals surface area contributed by atoms with Crippen LogP contribution in [0.25, 0.3) is 0 Å². The van der Waals surface area contributed by atoms with Crippen molar-refractivity contribution in [1.29, 1.82) is 0 Å². The molecule has 2 aliphatic heterocycles. The summed E-state index contributed by atoms with van der Waals surface area (Å²) in [6, 6.07) is 11.1. The maximum Gasteiger partial charge on any atom is 0.227 e. The second-order valence-electron chi connectivity index (χ2n) is 7.81. The molecule has 4 heteroatoms. The van der Waals surface area contributed by atoms with Gasteiger partial charge in [-0.15, -0.1) is 0 Å². The Morgan fingerprint density at radius 1 is 1.08 bits per heavy atom. The monoisotopic (exact) mass is 327 g/mol. The molecule has 1 aliphatic carbocycles. The molecule has 4 rings (SSSR count). The number of amides is 1. The molecule has 130 valence electrons. The van der Waals surface area contributed by atoms with E-state index < -0.39 is 0 Å². The fourth-order valence-electron chi connectivity index (χ4n) is 4.86. The average Bonchev–Trinajstić information content (AvgIpc) is 3.11. The van der Waals surface area contributed by atoms with Gasteiger partial charge in [0, 0.05) is 25.7 Å². The van der Waals surface area contributed by atoms with E-state index in [2.05, 4.69) is 46.1 Å². The van der Waals surface area contributed by atoms with Gasteiger partial charge in [0.25, 0.3) is 0 Å². The number of carbonyl (C=O) groups is 1. The minimum atomic E-state index is 0.185. The summed E-state index contributed by atoms with van der Waals surface area (Å²) >= 11 is 0. The van der Waals surface area contributed by atoms with Gasteiger partial charge >= 0.3 is 0 Å². The van der Waals surface area contributed by atoms with Crippen LogP contribution in [0.15, 0.2) is 30.3 Å². The molecule has 0 bridgehead atoms. The van der Waals surface area contributed by atoms with Gasteiger partial charge in [-0.25, -0.2) is 0 Å². The van der Waals surface area contributed by atoms with Gasteiger partial charge in [0.2, 0.25) is 5.91 Å². The van der Waals surface area contributed by atoms with Crippen molar-refractivity contribution in [1.82, 2.24) is 15.8 Å². The van der Waals surface area contributed by atoms with Crippen molar-refractivity contribution < 1.29 is 4.79 Å². The number of rotatable bonds is 3. The topological polar surface area (TPSA) is 44.4 Å². The molecule has 0 radical (unpaired) electrons. The number of hydrogen-bond acceptors (Lipinski definition) is 3. The smallest absolute Gasteiger partial charge is 0.227 e. The Balaban J connectivity index is 1.31. The maximum atomic E-state index is 13.0. The van der Waals surface area contributed by atoms with Crippen LogP contribution < -0.4 is 10.9 Å². The molecule has 3 unspecified atom stereocenters. The van der Waals surface area contributed by atoms with E-state index in [0.29, 0.717) is 17.9 Å². The van der Waals surface area contributed by atoms with Crippen LogP contribution in [0.1, 0.15) is 37.7 Å². The molecule has 3 fully saturated rings. The number of nitrogens with zero attached hydrogens (tertiary/aromatic N) is 1. The van der Waals surface area contributed by atoms with Crippen LogP contribution in [0.4, 0.5) is 0 Å². The first-order valence-corrected chi connectivity index (χ1v) is 9.62. The van der Waals surface area contributed by atoms with E-state index >= 15 is 0 Å². The number of likely N-dealkylation sites (tertiary alicyclic amines) is 1. The van der Waals surface area contributed by atoms with E-state index in [4.69, 9.17) is 0 Å². The molecule has 2 heterocycles. The third kappa shape index (κ3) is 3.35. The lowest BCUT2D eigenvalue weighted by molar-refractivity contribution is -0.139. The van der Waals surface area contributed by atoms with Crippen molar-refractivity contribution in [3.63, 3.8) is 0 Å². The van der Waals surface area contributed by atoms with Gasteiger partial charge in [0.15, 0.2) is 0 Å². The van der Waals surface area contributed by atoms with E-state index in [0.717, 1.165) is 51.2 Å². The number of hydrogen-bond donors (Lipinski definition) is 2. The fourth-order valence-corrected chi connectivity index (χ4v) is 4.86. The predicted molar refractivity (Wildman–Crippen MR) is 95.2 cm³/mol. The van der Waals surface area contributed by atoms with Crippen LogP contribution in [0.2, 0.25) is 0 Å². The standard InChI is InChI=1S/C20H29N3O/c24-20(18-8-4-7-17-14-21-22-19(17)18)23-11-9-16(10-12-23)13-15-5-2-1-3-6-15/h1-3,5-6,16-19,21-22H,4,7-14H2. The molecule has 2 saturated heterocycles. The summed E-state index contributed by atoms with van der Waals surface area (Å²) in [4.78, 5) is 15.2. The van der Waals surface area contributed by atoms with E-state index in [1.54, 1.807) is 0 Å². The van der Waals surface area contributed by atoms with Crippen molar-refractivity contribution in [2.24, 2.45) is 17.8 Å². The summed E-state index contributed by atoms with van der Waals surface area (Å²) in [7, 11) is 0. The lowest BCUT2D eigenvalue weighted by Crippen LogP contribution is -2.50. The lowest BCUT2D eigenvalue weighted by Gasteiger charge is -2.38. The van der Waals surface area contributed by atoms with Crippen LogP contribution in [0.3, 0.4) is 0 Å². The van der Waals surface area contributed by atoms with Crippen LogP contribution in [0.5, 0.6) is 0 Å². The Labute approximate surface area is 145 Å². The second kappa shape index (κ2) is 7.24. The molecule has 1 amide bonds. The van der Waals surface area contributed by atoms with Crippen LogP contribution in [-0.2, 0) is 11.2 Å². The second-order valence-corrected chi connectivity index (χ2v) is 7.81. The van der Waals surface area contributed by atoms with Gasteiger partial charge in [0.1, 0.15) is 0 Å². The summed E-state index contributed by atoms with van der Waals surface area (Å²) in [5, 5.41) is 0. The molecule has 0 spiro atoms. The van der Waals surface area contributed by atoms with Gasteiger partial charge in [0.05, 0.1) is 5.92 Å². The first-order valence-electron chi connectivity index (χ1n) is 9.62. The highest BCUT2D eigenvalue weighted by Gasteiger charge is 2.42. The van der Waals surface area contributed by atoms with Gasteiger partial charge < -0.3 is 4.90 Å². The van der Waals surface area contributed by atoms with Crippen LogP contribution in [-0.4, -0.2) is 36.5 Å². The Hall–Kier alpha value is -1.39. The van der Waals surface area contributed by atoms with Gasteiger partial charge in [-0.3, -0.25) is 15.6 Å². The van der Waals surface area contributed by atoms with E-state index in [1.807, 2.05) is 0 Å². The number of hydrazine groups is 1. The minimum Gasteiger partial charge on any atom is -0.342 e. The Bertz CT molecular complexity index is 553. The molecular weight excluding hydrogens is 298 g/mol. The molecule has 3 atom stereocenters. The van der Waals surface area contributed by atoms with Crippen molar-refractivity contribution in [3.05, 3.63) is 35.9 Å².